The van der Waals surface area contributed by atoms with Gasteiger partial charge in [-0.15, -0.1) is 11.3 Å². The Balaban J connectivity index is 1.58. The van der Waals surface area contributed by atoms with Gasteiger partial charge >= 0.3 is 0 Å². The van der Waals surface area contributed by atoms with Crippen molar-refractivity contribution in [2.45, 2.75) is 33.1 Å². The van der Waals surface area contributed by atoms with Crippen LogP contribution in [0.1, 0.15) is 29.6 Å². The van der Waals surface area contributed by atoms with Gasteiger partial charge in [0, 0.05) is 16.6 Å². The van der Waals surface area contributed by atoms with Gasteiger partial charge in [0.25, 0.3) is 0 Å². The zero-order valence-corrected chi connectivity index (χ0v) is 15.8. The molecule has 1 atom stereocenters. The lowest BCUT2D eigenvalue weighted by atomic mass is 9.89. The van der Waals surface area contributed by atoms with Crippen molar-refractivity contribution >= 4 is 33.1 Å². The van der Waals surface area contributed by atoms with Gasteiger partial charge in [-0.25, -0.2) is 9.97 Å². The number of aryl methyl sites for hydroxylation is 2. The standard InChI is InChI=1S/C20H21N3O2S/c1-11-3-5-14-17(9-11)26-20-18(14)19(21-12(2)22-20)23-13-4-6-15-16(10-13)25-8-7-24-15/h4,6,10-11H,3,5,7-9H2,1-2H3,(H,21,22,23)/t11-/m1/s1. The lowest BCUT2D eigenvalue weighted by Gasteiger charge is -2.20. The summed E-state index contributed by atoms with van der Waals surface area (Å²) in [6.07, 6.45) is 3.49. The third kappa shape index (κ3) is 2.69. The van der Waals surface area contributed by atoms with Gasteiger partial charge in [0.05, 0.1) is 5.39 Å². The number of thiophene rings is 1. The van der Waals surface area contributed by atoms with Gasteiger partial charge in [0.1, 0.15) is 29.7 Å². The van der Waals surface area contributed by atoms with Crippen LogP contribution in [0.3, 0.4) is 0 Å². The summed E-state index contributed by atoms with van der Waals surface area (Å²) in [5, 5.41) is 4.70. The van der Waals surface area contributed by atoms with Gasteiger partial charge in [-0.2, -0.15) is 0 Å². The number of benzene rings is 1. The molecule has 0 radical (unpaired) electrons. The highest BCUT2D eigenvalue weighted by atomic mass is 32.1. The highest BCUT2D eigenvalue weighted by molar-refractivity contribution is 7.19. The van der Waals surface area contributed by atoms with E-state index in [2.05, 4.69) is 12.2 Å². The molecule has 1 N–H and O–H groups in total. The Morgan fingerprint density at radius 1 is 1.15 bits per heavy atom. The lowest BCUT2D eigenvalue weighted by molar-refractivity contribution is 0.171. The van der Waals surface area contributed by atoms with Crippen molar-refractivity contribution in [1.82, 2.24) is 9.97 Å². The Bertz CT molecular complexity index is 998. The van der Waals surface area contributed by atoms with Crippen LogP contribution in [-0.4, -0.2) is 23.2 Å². The highest BCUT2D eigenvalue weighted by Gasteiger charge is 2.24. The predicted octanol–water partition coefficient (Wildman–Crippen LogP) is 4.64. The fourth-order valence-corrected chi connectivity index (χ4v) is 5.23. The quantitative estimate of drug-likeness (QED) is 0.715. The molecule has 0 saturated heterocycles. The van der Waals surface area contributed by atoms with Crippen LogP contribution in [0.2, 0.25) is 0 Å². The molecule has 5 rings (SSSR count). The molecule has 0 amide bonds. The molecule has 0 fully saturated rings. The number of nitrogens with one attached hydrogen (secondary N) is 1. The van der Waals surface area contributed by atoms with Crippen LogP contribution in [0.5, 0.6) is 11.5 Å². The molecule has 2 aromatic heterocycles. The molecule has 5 nitrogen and oxygen atoms in total. The molecule has 0 saturated carbocycles. The minimum absolute atomic E-state index is 0.587. The zero-order valence-electron chi connectivity index (χ0n) is 15.0. The molecule has 0 bridgehead atoms. The SMILES string of the molecule is Cc1nc(Nc2ccc3c(c2)OCCO3)c2c3c(sc2n1)C[C@H](C)CC3. The van der Waals surface area contributed by atoms with E-state index in [0.717, 1.165) is 52.4 Å². The van der Waals surface area contributed by atoms with Crippen molar-refractivity contribution in [3.8, 4) is 11.5 Å². The van der Waals surface area contributed by atoms with Gasteiger partial charge in [0.2, 0.25) is 0 Å². The summed E-state index contributed by atoms with van der Waals surface area (Å²) in [6.45, 7) is 5.48. The van der Waals surface area contributed by atoms with Crippen molar-refractivity contribution < 1.29 is 9.47 Å². The molecule has 0 spiro atoms. The molecule has 0 unspecified atom stereocenters. The number of fused-ring (bicyclic) bond motifs is 4. The third-order valence-corrected chi connectivity index (χ3v) is 6.22. The van der Waals surface area contributed by atoms with Crippen LogP contribution in [0.25, 0.3) is 10.2 Å². The summed E-state index contributed by atoms with van der Waals surface area (Å²) in [7, 11) is 0. The fraction of sp³-hybridized carbons (Fsp3) is 0.400. The number of aromatic nitrogens is 2. The number of anilines is 2. The van der Waals surface area contributed by atoms with Crippen molar-refractivity contribution in [3.63, 3.8) is 0 Å². The van der Waals surface area contributed by atoms with Crippen LogP contribution in [0, 0.1) is 12.8 Å². The van der Waals surface area contributed by atoms with Crippen molar-refractivity contribution in [2.24, 2.45) is 5.92 Å². The van der Waals surface area contributed by atoms with Crippen molar-refractivity contribution in [1.29, 1.82) is 0 Å². The third-order valence-electron chi connectivity index (χ3n) is 5.07. The monoisotopic (exact) mass is 367 g/mol. The van der Waals surface area contributed by atoms with Crippen molar-refractivity contribution in [2.75, 3.05) is 18.5 Å². The summed E-state index contributed by atoms with van der Waals surface area (Å²) in [5.41, 5.74) is 2.39. The second-order valence-corrected chi connectivity index (χ2v) is 8.22. The first kappa shape index (κ1) is 15.9. The summed E-state index contributed by atoms with van der Waals surface area (Å²) < 4.78 is 11.3. The van der Waals surface area contributed by atoms with Crippen molar-refractivity contribution in [3.05, 3.63) is 34.5 Å². The van der Waals surface area contributed by atoms with E-state index in [-0.39, 0.29) is 0 Å². The van der Waals surface area contributed by atoms with E-state index in [0.29, 0.717) is 13.2 Å². The molecule has 26 heavy (non-hydrogen) atoms. The zero-order chi connectivity index (χ0) is 17.7. The number of rotatable bonds is 2. The largest absolute Gasteiger partial charge is 0.486 e. The number of nitrogens with zero attached hydrogens (tertiary/aromatic N) is 2. The Hall–Kier alpha value is -2.34. The Morgan fingerprint density at radius 3 is 2.88 bits per heavy atom. The average Bonchev–Trinajstić information content (AvgIpc) is 2.98. The number of hydrogen-bond donors (Lipinski definition) is 1. The molecular weight excluding hydrogens is 346 g/mol. The lowest BCUT2D eigenvalue weighted by Crippen LogP contribution is -2.15. The molecule has 3 aromatic rings. The minimum atomic E-state index is 0.587. The molecule has 2 aliphatic rings. The molecule has 1 aliphatic heterocycles. The molecule has 1 aromatic carbocycles. The van der Waals surface area contributed by atoms with Crippen LogP contribution < -0.4 is 14.8 Å². The molecular formula is C20H21N3O2S. The highest BCUT2D eigenvalue weighted by Crippen LogP contribution is 2.41. The second-order valence-electron chi connectivity index (χ2n) is 7.13. The molecule has 6 heteroatoms. The summed E-state index contributed by atoms with van der Waals surface area (Å²) in [5.74, 6) is 4.02. The minimum Gasteiger partial charge on any atom is -0.486 e. The molecule has 3 heterocycles. The Morgan fingerprint density at radius 2 is 2.00 bits per heavy atom. The fourth-order valence-electron chi connectivity index (χ4n) is 3.80. The first-order valence-electron chi connectivity index (χ1n) is 9.13. The van der Waals surface area contributed by atoms with Gasteiger partial charge in [-0.05, 0) is 49.8 Å². The average molecular weight is 367 g/mol. The van der Waals surface area contributed by atoms with E-state index in [1.165, 1.54) is 22.2 Å². The Kier molecular flexibility index (Phi) is 3.74. The van der Waals surface area contributed by atoms with Gasteiger partial charge < -0.3 is 14.8 Å². The van der Waals surface area contributed by atoms with E-state index in [1.54, 1.807) is 0 Å². The number of ether oxygens (including phenoxy) is 2. The van der Waals surface area contributed by atoms with Crippen LogP contribution in [0.4, 0.5) is 11.5 Å². The first-order valence-corrected chi connectivity index (χ1v) is 9.94. The van der Waals surface area contributed by atoms with Crippen LogP contribution in [0.15, 0.2) is 18.2 Å². The van der Waals surface area contributed by atoms with Gasteiger partial charge in [0.15, 0.2) is 11.5 Å². The van der Waals surface area contributed by atoms with Crippen LogP contribution in [-0.2, 0) is 12.8 Å². The first-order chi connectivity index (χ1) is 12.7. The number of hydrogen-bond acceptors (Lipinski definition) is 6. The predicted molar refractivity (Wildman–Crippen MR) is 104 cm³/mol. The van der Waals surface area contributed by atoms with Crippen LogP contribution >= 0.6 is 11.3 Å². The second kappa shape index (κ2) is 6.13. The van der Waals surface area contributed by atoms with E-state index < -0.39 is 0 Å². The smallest absolute Gasteiger partial charge is 0.163 e. The van der Waals surface area contributed by atoms with Gasteiger partial charge in [-0.1, -0.05) is 6.92 Å². The molecule has 1 aliphatic carbocycles. The topological polar surface area (TPSA) is 56.3 Å². The van der Waals surface area contributed by atoms with E-state index >= 15 is 0 Å². The van der Waals surface area contributed by atoms with E-state index in [9.17, 15) is 0 Å². The maximum absolute atomic E-state index is 5.70. The van der Waals surface area contributed by atoms with E-state index in [1.807, 2.05) is 36.5 Å². The molecule has 134 valence electrons. The summed E-state index contributed by atoms with van der Waals surface area (Å²) >= 11 is 1.83. The van der Waals surface area contributed by atoms with E-state index in [4.69, 9.17) is 19.4 Å². The maximum Gasteiger partial charge on any atom is 0.163 e. The normalized spacial score (nSPS) is 18.6. The summed E-state index contributed by atoms with van der Waals surface area (Å²) in [4.78, 5) is 12.0. The summed E-state index contributed by atoms with van der Waals surface area (Å²) in [6, 6.07) is 5.95. The van der Waals surface area contributed by atoms with Gasteiger partial charge in [-0.3, -0.25) is 0 Å². The Labute approximate surface area is 156 Å². The maximum atomic E-state index is 5.70.